The van der Waals surface area contributed by atoms with Gasteiger partial charge in [0, 0.05) is 11.5 Å². The molecular weight excluding hydrogens is 272 g/mol. The summed E-state index contributed by atoms with van der Waals surface area (Å²) in [6.45, 7) is 13.5. The summed E-state index contributed by atoms with van der Waals surface area (Å²) in [6.07, 6.45) is 0. The molecule has 1 saturated heterocycles. The molecule has 1 aliphatic rings. The predicted molar refractivity (Wildman–Crippen MR) is 81.4 cm³/mol. The van der Waals surface area contributed by atoms with Crippen LogP contribution in [0.15, 0.2) is 0 Å². The quantitative estimate of drug-likeness (QED) is 0.734. The summed E-state index contributed by atoms with van der Waals surface area (Å²) in [6, 6.07) is 0. The topological polar surface area (TPSA) is 18.5 Å². The van der Waals surface area contributed by atoms with Crippen molar-refractivity contribution >= 4 is 40.2 Å². The van der Waals surface area contributed by atoms with Crippen LogP contribution in [0.1, 0.15) is 0 Å². The van der Waals surface area contributed by atoms with Crippen LogP contribution < -0.4 is 0 Å². The first-order valence-electron chi connectivity index (χ1n) is 5.74. The average molecular weight is 297 g/mol. The minimum atomic E-state index is -1.38. The Morgan fingerprint density at radius 3 is 1.25 bits per heavy atom. The van der Waals surface area contributed by atoms with Gasteiger partial charge in [0.2, 0.25) is 0 Å². The van der Waals surface area contributed by atoms with Gasteiger partial charge in [0.25, 0.3) is 0 Å². The maximum absolute atomic E-state index is 6.09. The monoisotopic (exact) mass is 296 g/mol. The first kappa shape index (κ1) is 15.1. The van der Waals surface area contributed by atoms with Gasteiger partial charge in [-0.3, -0.25) is 0 Å². The molecule has 0 saturated carbocycles. The molecule has 0 N–H and O–H groups in total. The van der Waals surface area contributed by atoms with Crippen LogP contribution in [0.3, 0.4) is 0 Å². The van der Waals surface area contributed by atoms with Crippen LogP contribution in [-0.2, 0) is 8.85 Å². The van der Waals surface area contributed by atoms with Crippen molar-refractivity contribution < 1.29 is 8.85 Å². The molecule has 6 heteroatoms. The molecule has 0 amide bonds. The standard InChI is InChI=1S/C10H24O2S2Si2/c1-15(2,3)11-9-7-14-10(8-13-9)12-16(4,5)6/h9-10H,7-8H2,1-6H3. The third-order valence-corrected chi connectivity index (χ3v) is 6.81. The van der Waals surface area contributed by atoms with Crippen LogP contribution in [-0.4, -0.2) is 39.0 Å². The Morgan fingerprint density at radius 2 is 1.06 bits per heavy atom. The maximum atomic E-state index is 6.09. The lowest BCUT2D eigenvalue weighted by Gasteiger charge is -2.34. The highest BCUT2D eigenvalue weighted by molar-refractivity contribution is 8.06. The van der Waals surface area contributed by atoms with Gasteiger partial charge in [-0.15, -0.1) is 23.5 Å². The highest BCUT2D eigenvalue weighted by atomic mass is 32.2. The van der Waals surface area contributed by atoms with Crippen LogP contribution in [0, 0.1) is 0 Å². The Bertz CT molecular complexity index is 194. The van der Waals surface area contributed by atoms with E-state index >= 15 is 0 Å². The number of thioether (sulfide) groups is 2. The van der Waals surface area contributed by atoms with E-state index in [1.54, 1.807) is 0 Å². The van der Waals surface area contributed by atoms with Gasteiger partial charge in [0.1, 0.15) is 10.9 Å². The SMILES string of the molecule is C[Si](C)(C)OC1CSC(O[Si](C)(C)C)CS1. The molecule has 2 nitrogen and oxygen atoms in total. The second-order valence-electron chi connectivity index (χ2n) is 5.99. The predicted octanol–water partition coefficient (Wildman–Crippen LogP) is 3.82. The molecule has 1 heterocycles. The van der Waals surface area contributed by atoms with Crippen LogP contribution in [0.5, 0.6) is 0 Å². The second-order valence-corrected chi connectivity index (χ2v) is 17.3. The first-order chi connectivity index (χ1) is 7.16. The van der Waals surface area contributed by atoms with Gasteiger partial charge in [-0.2, -0.15) is 0 Å². The number of rotatable bonds is 4. The molecule has 0 aromatic heterocycles. The van der Waals surface area contributed by atoms with Gasteiger partial charge < -0.3 is 8.85 Å². The van der Waals surface area contributed by atoms with E-state index < -0.39 is 16.6 Å². The molecule has 0 aromatic rings. The number of hydrogen-bond donors (Lipinski definition) is 0. The normalized spacial score (nSPS) is 28.1. The van der Waals surface area contributed by atoms with Gasteiger partial charge in [0.15, 0.2) is 16.6 Å². The Labute approximate surface area is 110 Å². The zero-order chi connectivity index (χ0) is 12.4. The lowest BCUT2D eigenvalue weighted by atomic mass is 10.8. The summed E-state index contributed by atoms with van der Waals surface area (Å²) < 4.78 is 12.2. The van der Waals surface area contributed by atoms with Crippen LogP contribution >= 0.6 is 23.5 Å². The fourth-order valence-corrected chi connectivity index (χ4v) is 7.78. The molecule has 0 aliphatic carbocycles. The van der Waals surface area contributed by atoms with Crippen molar-refractivity contribution in [1.29, 1.82) is 0 Å². The van der Waals surface area contributed by atoms with Crippen molar-refractivity contribution in [2.24, 2.45) is 0 Å². The van der Waals surface area contributed by atoms with Crippen molar-refractivity contribution in [2.45, 2.75) is 50.2 Å². The maximum Gasteiger partial charge on any atom is 0.185 e. The minimum absolute atomic E-state index is 0.387. The van der Waals surface area contributed by atoms with Gasteiger partial charge in [-0.25, -0.2) is 0 Å². The summed E-state index contributed by atoms with van der Waals surface area (Å²) in [7, 11) is -2.76. The molecule has 0 radical (unpaired) electrons. The second kappa shape index (κ2) is 5.80. The largest absolute Gasteiger partial charge is 0.405 e. The summed E-state index contributed by atoms with van der Waals surface area (Å²) >= 11 is 3.86. The summed E-state index contributed by atoms with van der Waals surface area (Å²) in [5, 5.41) is 0. The smallest absolute Gasteiger partial charge is 0.185 e. The van der Waals surface area contributed by atoms with Gasteiger partial charge in [-0.05, 0) is 39.3 Å². The molecule has 0 bridgehead atoms. The molecule has 2 atom stereocenters. The van der Waals surface area contributed by atoms with Crippen molar-refractivity contribution in [3.63, 3.8) is 0 Å². The fourth-order valence-electron chi connectivity index (χ4n) is 1.39. The molecule has 16 heavy (non-hydrogen) atoms. The third kappa shape index (κ3) is 6.71. The average Bonchev–Trinajstić information content (AvgIpc) is 2.03. The molecular formula is C10H24O2S2Si2. The number of hydrogen-bond acceptors (Lipinski definition) is 4. The molecule has 1 rings (SSSR count). The van der Waals surface area contributed by atoms with E-state index in [2.05, 4.69) is 39.3 Å². The van der Waals surface area contributed by atoms with E-state index in [0.717, 1.165) is 11.5 Å². The van der Waals surface area contributed by atoms with E-state index in [0.29, 0.717) is 10.9 Å². The lowest BCUT2D eigenvalue weighted by Crippen LogP contribution is -2.38. The van der Waals surface area contributed by atoms with E-state index in [9.17, 15) is 0 Å². The van der Waals surface area contributed by atoms with Crippen molar-refractivity contribution in [3.8, 4) is 0 Å². The van der Waals surface area contributed by atoms with Crippen LogP contribution in [0.4, 0.5) is 0 Å². The van der Waals surface area contributed by atoms with E-state index in [-0.39, 0.29) is 0 Å². The zero-order valence-corrected chi connectivity index (χ0v) is 14.8. The molecule has 0 aromatic carbocycles. The minimum Gasteiger partial charge on any atom is -0.405 e. The van der Waals surface area contributed by atoms with E-state index in [4.69, 9.17) is 8.85 Å². The highest BCUT2D eigenvalue weighted by Crippen LogP contribution is 2.34. The van der Waals surface area contributed by atoms with Crippen LogP contribution in [0.25, 0.3) is 0 Å². The highest BCUT2D eigenvalue weighted by Gasteiger charge is 2.30. The van der Waals surface area contributed by atoms with E-state index in [1.807, 2.05) is 23.5 Å². The summed E-state index contributed by atoms with van der Waals surface area (Å²) in [5.74, 6) is 2.15. The van der Waals surface area contributed by atoms with Gasteiger partial charge >= 0.3 is 0 Å². The molecule has 96 valence electrons. The third-order valence-electron chi connectivity index (χ3n) is 1.81. The van der Waals surface area contributed by atoms with Gasteiger partial charge in [0.05, 0.1) is 0 Å². The Morgan fingerprint density at radius 1 is 0.750 bits per heavy atom. The van der Waals surface area contributed by atoms with Gasteiger partial charge in [-0.1, -0.05) is 0 Å². The lowest BCUT2D eigenvalue weighted by molar-refractivity contribution is 0.281. The Kier molecular flexibility index (Phi) is 5.47. The fraction of sp³-hybridized carbons (Fsp3) is 1.00. The zero-order valence-electron chi connectivity index (χ0n) is 11.2. The molecule has 1 fully saturated rings. The van der Waals surface area contributed by atoms with Crippen molar-refractivity contribution in [1.82, 2.24) is 0 Å². The molecule has 2 unspecified atom stereocenters. The van der Waals surface area contributed by atoms with Crippen LogP contribution in [0.2, 0.25) is 39.3 Å². The summed E-state index contributed by atoms with van der Waals surface area (Å²) in [5.41, 5.74) is 0.774. The molecule has 1 aliphatic heterocycles. The Balaban J connectivity index is 2.29. The van der Waals surface area contributed by atoms with E-state index in [1.165, 1.54) is 0 Å². The molecule has 0 spiro atoms. The summed E-state index contributed by atoms with van der Waals surface area (Å²) in [4.78, 5) is 0. The van der Waals surface area contributed by atoms with Crippen molar-refractivity contribution in [3.05, 3.63) is 0 Å². The van der Waals surface area contributed by atoms with Crippen molar-refractivity contribution in [2.75, 3.05) is 11.5 Å². The Hall–Kier alpha value is 1.05. The first-order valence-corrected chi connectivity index (χ1v) is 14.7.